The molecule has 0 bridgehead atoms. The molecular weight excluding hydrogens is 560 g/mol. The van der Waals surface area contributed by atoms with Gasteiger partial charge in [0.15, 0.2) is 4.96 Å². The minimum absolute atomic E-state index is 0.0436. The third-order valence-corrected chi connectivity index (χ3v) is 7.19. The summed E-state index contributed by atoms with van der Waals surface area (Å²) < 4.78 is 11.1. The van der Waals surface area contributed by atoms with Crippen LogP contribution in [0.4, 0.5) is 11.4 Å². The molecule has 2 aromatic carbocycles. The highest BCUT2D eigenvalue weighted by molar-refractivity contribution is 7.19. The quantitative estimate of drug-likeness (QED) is 0.184. The molecule has 4 rings (SSSR count). The lowest BCUT2D eigenvalue weighted by Gasteiger charge is -2.10. The van der Waals surface area contributed by atoms with Crippen molar-refractivity contribution in [2.45, 2.75) is 39.5 Å². The number of thiazole rings is 1. The average molecular weight is 591 g/mol. The van der Waals surface area contributed by atoms with E-state index in [0.717, 1.165) is 35.0 Å². The fourth-order valence-corrected chi connectivity index (χ4v) is 5.11. The Balaban J connectivity index is 1.68. The van der Waals surface area contributed by atoms with Gasteiger partial charge in [0.2, 0.25) is 0 Å². The molecule has 2 heterocycles. The van der Waals surface area contributed by atoms with E-state index in [2.05, 4.69) is 15.6 Å². The molecule has 0 aliphatic heterocycles. The highest BCUT2D eigenvalue weighted by Gasteiger charge is 2.27. The molecule has 2 N–H and O–H groups in total. The van der Waals surface area contributed by atoms with Crippen LogP contribution in [0.2, 0.25) is 0 Å². The number of fused-ring (bicyclic) bond motifs is 1. The standard InChI is InChI=1S/C30H30N4O7S/c1-4-6-15-41-29(39)19-9-7-10-22(16-19)32-26(36)24-25(42-30-33-21(8-5-2)17-23(35)34(24)30)27(37)31-20-13-11-18(12-14-20)28(38)40-3/h7,9-14,16-17H,4-6,8,15H2,1-3H3,(H,31,37)(H,32,36). The van der Waals surface area contributed by atoms with Crippen LogP contribution in [0, 0.1) is 0 Å². The third kappa shape index (κ3) is 6.89. The van der Waals surface area contributed by atoms with Gasteiger partial charge in [-0.2, -0.15) is 0 Å². The van der Waals surface area contributed by atoms with Crippen molar-refractivity contribution in [1.29, 1.82) is 0 Å². The van der Waals surface area contributed by atoms with Gasteiger partial charge in [-0.05, 0) is 55.3 Å². The number of benzene rings is 2. The van der Waals surface area contributed by atoms with Gasteiger partial charge in [0.05, 0.1) is 24.8 Å². The minimum atomic E-state index is -0.740. The summed E-state index contributed by atoms with van der Waals surface area (Å²) in [6.07, 6.45) is 2.92. The summed E-state index contributed by atoms with van der Waals surface area (Å²) in [5.41, 5.74) is 1.03. The number of rotatable bonds is 11. The predicted molar refractivity (Wildman–Crippen MR) is 159 cm³/mol. The van der Waals surface area contributed by atoms with Gasteiger partial charge in [-0.25, -0.2) is 19.0 Å². The first kappa shape index (κ1) is 30.1. The topological polar surface area (TPSA) is 145 Å². The number of carbonyl (C=O) groups excluding carboxylic acids is 4. The van der Waals surface area contributed by atoms with E-state index in [1.54, 1.807) is 18.2 Å². The summed E-state index contributed by atoms with van der Waals surface area (Å²) in [4.78, 5) is 69.1. The number of ether oxygens (including phenoxy) is 2. The van der Waals surface area contributed by atoms with E-state index in [4.69, 9.17) is 9.47 Å². The molecule has 0 atom stereocenters. The molecule has 42 heavy (non-hydrogen) atoms. The number of nitrogens with zero attached hydrogens (tertiary/aromatic N) is 2. The van der Waals surface area contributed by atoms with Gasteiger partial charge in [0, 0.05) is 23.1 Å². The Hall–Kier alpha value is -4.84. The molecule has 0 aliphatic rings. The fourth-order valence-electron chi connectivity index (χ4n) is 4.07. The van der Waals surface area contributed by atoms with Crippen LogP contribution in [0.25, 0.3) is 4.96 Å². The molecule has 0 spiro atoms. The first-order valence-corrected chi connectivity index (χ1v) is 14.2. The van der Waals surface area contributed by atoms with Crippen molar-refractivity contribution in [2.75, 3.05) is 24.4 Å². The van der Waals surface area contributed by atoms with Gasteiger partial charge >= 0.3 is 11.9 Å². The normalized spacial score (nSPS) is 10.7. The maximum Gasteiger partial charge on any atom is 0.338 e. The van der Waals surface area contributed by atoms with E-state index in [1.807, 2.05) is 13.8 Å². The molecule has 11 nitrogen and oxygen atoms in total. The maximum atomic E-state index is 13.6. The Kier molecular flexibility index (Phi) is 9.81. The van der Waals surface area contributed by atoms with Gasteiger partial charge in [-0.3, -0.25) is 14.4 Å². The van der Waals surface area contributed by atoms with Crippen molar-refractivity contribution in [3.8, 4) is 0 Å². The summed E-state index contributed by atoms with van der Waals surface area (Å²) in [5, 5.41) is 5.40. The van der Waals surface area contributed by atoms with Gasteiger partial charge in [0.25, 0.3) is 17.4 Å². The van der Waals surface area contributed by atoms with Crippen LogP contribution in [0.1, 0.15) is 79.7 Å². The van der Waals surface area contributed by atoms with Crippen LogP contribution in [0.15, 0.2) is 59.4 Å². The zero-order valence-corrected chi connectivity index (χ0v) is 24.2. The molecule has 0 fully saturated rings. The Morgan fingerprint density at radius 1 is 0.881 bits per heavy atom. The summed E-state index contributed by atoms with van der Waals surface area (Å²) >= 11 is 0.906. The Morgan fingerprint density at radius 2 is 1.62 bits per heavy atom. The van der Waals surface area contributed by atoms with Gasteiger partial charge in [-0.15, -0.1) is 0 Å². The van der Waals surface area contributed by atoms with E-state index in [1.165, 1.54) is 43.5 Å². The lowest BCUT2D eigenvalue weighted by Crippen LogP contribution is -2.25. The highest BCUT2D eigenvalue weighted by Crippen LogP contribution is 2.25. The highest BCUT2D eigenvalue weighted by atomic mass is 32.1. The molecule has 0 unspecified atom stereocenters. The molecule has 4 aromatic rings. The number of anilines is 2. The second kappa shape index (κ2) is 13.7. The van der Waals surface area contributed by atoms with Crippen LogP contribution >= 0.6 is 11.3 Å². The van der Waals surface area contributed by atoms with E-state index in [-0.39, 0.29) is 33.4 Å². The summed E-state index contributed by atoms with van der Waals surface area (Å²) in [6, 6.07) is 13.6. The number of amides is 2. The lowest BCUT2D eigenvalue weighted by atomic mass is 10.2. The van der Waals surface area contributed by atoms with E-state index >= 15 is 0 Å². The fraction of sp³-hybridized carbons (Fsp3) is 0.267. The Labute approximate surface area is 245 Å². The third-order valence-electron chi connectivity index (χ3n) is 6.15. The largest absolute Gasteiger partial charge is 0.465 e. The van der Waals surface area contributed by atoms with Gasteiger partial charge in [-0.1, -0.05) is 44.1 Å². The Bertz CT molecular complexity index is 1690. The van der Waals surface area contributed by atoms with E-state index in [9.17, 15) is 24.0 Å². The van der Waals surface area contributed by atoms with Crippen molar-refractivity contribution < 1.29 is 28.7 Å². The SMILES string of the molecule is CCCCOC(=O)c1cccc(NC(=O)c2c(C(=O)Nc3ccc(C(=O)OC)cc3)sc3nc(CCC)cc(=O)n23)c1. The number of carbonyl (C=O) groups is 4. The van der Waals surface area contributed by atoms with Crippen molar-refractivity contribution in [1.82, 2.24) is 9.38 Å². The first-order valence-electron chi connectivity index (χ1n) is 13.4. The first-order chi connectivity index (χ1) is 20.2. The summed E-state index contributed by atoms with van der Waals surface area (Å²) in [6.45, 7) is 4.22. The van der Waals surface area contributed by atoms with E-state index < -0.39 is 29.3 Å². The van der Waals surface area contributed by atoms with Crippen LogP contribution in [0.5, 0.6) is 0 Å². The molecule has 0 saturated heterocycles. The number of aromatic nitrogens is 2. The second-order valence-electron chi connectivity index (χ2n) is 9.28. The number of hydrogen-bond donors (Lipinski definition) is 2. The zero-order valence-electron chi connectivity index (χ0n) is 23.4. The van der Waals surface area contributed by atoms with Crippen molar-refractivity contribution in [3.05, 3.63) is 92.3 Å². The van der Waals surface area contributed by atoms with Gasteiger partial charge < -0.3 is 20.1 Å². The minimum Gasteiger partial charge on any atom is -0.465 e. The number of esters is 2. The van der Waals surface area contributed by atoms with Crippen LogP contribution < -0.4 is 16.2 Å². The monoisotopic (exact) mass is 590 g/mol. The van der Waals surface area contributed by atoms with E-state index in [0.29, 0.717) is 23.4 Å². The molecule has 2 aromatic heterocycles. The van der Waals surface area contributed by atoms with Crippen LogP contribution in [0.3, 0.4) is 0 Å². The molecule has 218 valence electrons. The molecule has 12 heteroatoms. The number of hydrogen-bond acceptors (Lipinski definition) is 9. The predicted octanol–water partition coefficient (Wildman–Crippen LogP) is 4.96. The van der Waals surface area contributed by atoms with Gasteiger partial charge in [0.1, 0.15) is 10.6 Å². The summed E-state index contributed by atoms with van der Waals surface area (Å²) in [5.74, 6) is -2.44. The molecule has 0 radical (unpaired) electrons. The van der Waals surface area contributed by atoms with Crippen LogP contribution in [-0.2, 0) is 15.9 Å². The smallest absolute Gasteiger partial charge is 0.338 e. The molecule has 0 aliphatic carbocycles. The van der Waals surface area contributed by atoms with Crippen molar-refractivity contribution in [3.63, 3.8) is 0 Å². The second-order valence-corrected chi connectivity index (χ2v) is 10.3. The average Bonchev–Trinajstić information content (AvgIpc) is 3.38. The zero-order chi connectivity index (χ0) is 30.2. The van der Waals surface area contributed by atoms with Crippen molar-refractivity contribution in [2.24, 2.45) is 0 Å². The maximum absolute atomic E-state index is 13.6. The number of unbranched alkanes of at least 4 members (excludes halogenated alkanes) is 1. The molecular formula is C30H30N4O7S. The summed E-state index contributed by atoms with van der Waals surface area (Å²) in [7, 11) is 1.27. The molecule has 2 amide bonds. The Morgan fingerprint density at radius 3 is 2.31 bits per heavy atom. The molecule has 0 saturated carbocycles. The number of nitrogens with one attached hydrogen (secondary N) is 2. The lowest BCUT2D eigenvalue weighted by molar-refractivity contribution is 0.0498. The van der Waals surface area contributed by atoms with Crippen molar-refractivity contribution >= 4 is 51.4 Å². The van der Waals surface area contributed by atoms with Crippen LogP contribution in [-0.4, -0.2) is 46.9 Å². The number of methoxy groups -OCH3 is 1. The number of aryl methyl sites for hydroxylation is 1.